The monoisotopic (exact) mass is 139 g/mol. The number of rotatable bonds is 2. The van der Waals surface area contributed by atoms with Crippen LogP contribution in [0.4, 0.5) is 0 Å². The Morgan fingerprint density at radius 3 is 2.20 bits per heavy atom. The largest absolute Gasteiger partial charge is 0.297 e. The van der Waals surface area contributed by atoms with Crippen LogP contribution < -0.4 is 0 Å². The molecule has 0 amide bonds. The first-order valence-electron chi connectivity index (χ1n) is 4.43. The van der Waals surface area contributed by atoms with Gasteiger partial charge in [-0.15, -0.1) is 0 Å². The van der Waals surface area contributed by atoms with E-state index < -0.39 is 0 Å². The van der Waals surface area contributed by atoms with Crippen molar-refractivity contribution in [1.29, 1.82) is 0 Å². The van der Waals surface area contributed by atoms with Crippen molar-refractivity contribution >= 4 is 0 Å². The Bertz CT molecular complexity index is 130. The van der Waals surface area contributed by atoms with Gasteiger partial charge >= 0.3 is 0 Å². The Hall–Kier alpha value is -0.0400. The number of nitrogens with zero attached hydrogens (tertiary/aromatic N) is 1. The third-order valence-corrected chi connectivity index (χ3v) is 2.99. The summed E-state index contributed by atoms with van der Waals surface area (Å²) in [5.41, 5.74) is 0. The Kier molecular flexibility index (Phi) is 1.31. The Balaban J connectivity index is 1.90. The SMILES string of the molecule is CC(C)[C@@H]1[C@@H](C2CC2)N1C. The molecular formula is C9H17N. The van der Waals surface area contributed by atoms with E-state index in [2.05, 4.69) is 25.8 Å². The lowest BCUT2D eigenvalue weighted by atomic mass is 10.1. The maximum atomic E-state index is 2.54. The maximum Gasteiger partial charge on any atom is 0.0282 e. The summed E-state index contributed by atoms with van der Waals surface area (Å²) in [5.74, 6) is 1.95. The summed E-state index contributed by atoms with van der Waals surface area (Å²) in [6, 6.07) is 1.90. The van der Waals surface area contributed by atoms with Gasteiger partial charge in [-0.3, -0.25) is 4.90 Å². The molecular weight excluding hydrogens is 122 g/mol. The summed E-state index contributed by atoms with van der Waals surface area (Å²) in [7, 11) is 2.27. The second kappa shape index (κ2) is 1.97. The van der Waals surface area contributed by atoms with E-state index in [1.165, 1.54) is 12.8 Å². The molecule has 1 saturated heterocycles. The molecule has 10 heavy (non-hydrogen) atoms. The molecule has 0 aromatic heterocycles. The fourth-order valence-electron chi connectivity index (χ4n) is 2.30. The van der Waals surface area contributed by atoms with E-state index in [0.29, 0.717) is 0 Å². The molecule has 1 aliphatic carbocycles. The number of likely N-dealkylation sites (N-methyl/N-ethyl adjacent to an activating group) is 1. The van der Waals surface area contributed by atoms with Crippen LogP contribution in [0.2, 0.25) is 0 Å². The average molecular weight is 139 g/mol. The van der Waals surface area contributed by atoms with Gasteiger partial charge in [0.15, 0.2) is 0 Å². The van der Waals surface area contributed by atoms with Crippen molar-refractivity contribution in [2.75, 3.05) is 7.05 Å². The van der Waals surface area contributed by atoms with E-state index in [0.717, 1.165) is 23.9 Å². The van der Waals surface area contributed by atoms with Gasteiger partial charge in [0.05, 0.1) is 0 Å². The van der Waals surface area contributed by atoms with Gasteiger partial charge in [0, 0.05) is 12.1 Å². The molecule has 1 aliphatic heterocycles. The minimum atomic E-state index is 0.871. The van der Waals surface area contributed by atoms with Crippen molar-refractivity contribution in [3.63, 3.8) is 0 Å². The van der Waals surface area contributed by atoms with Crippen LogP contribution in [0.3, 0.4) is 0 Å². The summed E-state index contributed by atoms with van der Waals surface area (Å²) in [5, 5.41) is 0. The van der Waals surface area contributed by atoms with Crippen molar-refractivity contribution in [3.8, 4) is 0 Å². The maximum absolute atomic E-state index is 2.54. The van der Waals surface area contributed by atoms with Crippen LogP contribution in [-0.4, -0.2) is 24.0 Å². The minimum Gasteiger partial charge on any atom is -0.297 e. The molecule has 1 saturated carbocycles. The molecule has 1 heteroatoms. The molecule has 2 rings (SSSR count). The molecule has 2 aliphatic rings. The second-order valence-electron chi connectivity index (χ2n) is 4.23. The van der Waals surface area contributed by atoms with E-state index in [-0.39, 0.29) is 0 Å². The molecule has 2 fully saturated rings. The summed E-state index contributed by atoms with van der Waals surface area (Å²) in [4.78, 5) is 2.54. The highest BCUT2D eigenvalue weighted by atomic mass is 15.3. The van der Waals surface area contributed by atoms with Crippen LogP contribution in [0.5, 0.6) is 0 Å². The summed E-state index contributed by atoms with van der Waals surface area (Å²) < 4.78 is 0. The van der Waals surface area contributed by atoms with Crippen LogP contribution in [0.1, 0.15) is 26.7 Å². The summed E-state index contributed by atoms with van der Waals surface area (Å²) >= 11 is 0. The first-order valence-corrected chi connectivity index (χ1v) is 4.43. The van der Waals surface area contributed by atoms with Crippen LogP contribution in [0.15, 0.2) is 0 Å². The molecule has 58 valence electrons. The van der Waals surface area contributed by atoms with E-state index >= 15 is 0 Å². The van der Waals surface area contributed by atoms with Crippen molar-refractivity contribution in [3.05, 3.63) is 0 Å². The molecule has 1 nitrogen and oxygen atoms in total. The zero-order valence-corrected chi connectivity index (χ0v) is 7.17. The normalized spacial score (nSPS) is 46.2. The highest BCUT2D eigenvalue weighted by molar-refractivity contribution is 5.08. The third kappa shape index (κ3) is 0.878. The molecule has 1 heterocycles. The van der Waals surface area contributed by atoms with Crippen LogP contribution >= 0.6 is 0 Å². The molecule has 3 atom stereocenters. The Morgan fingerprint density at radius 1 is 1.30 bits per heavy atom. The fourth-order valence-corrected chi connectivity index (χ4v) is 2.30. The molecule has 0 aromatic carbocycles. The van der Waals surface area contributed by atoms with Crippen molar-refractivity contribution in [2.45, 2.75) is 38.8 Å². The number of hydrogen-bond acceptors (Lipinski definition) is 1. The quantitative estimate of drug-likeness (QED) is 0.527. The first-order chi connectivity index (χ1) is 4.72. The molecule has 0 aromatic rings. The van der Waals surface area contributed by atoms with Gasteiger partial charge in [0.1, 0.15) is 0 Å². The highest BCUT2D eigenvalue weighted by Crippen LogP contribution is 2.47. The zero-order chi connectivity index (χ0) is 7.30. The van der Waals surface area contributed by atoms with Gasteiger partial charge < -0.3 is 0 Å². The van der Waals surface area contributed by atoms with Gasteiger partial charge in [-0.2, -0.15) is 0 Å². The van der Waals surface area contributed by atoms with E-state index in [9.17, 15) is 0 Å². The predicted octanol–water partition coefficient (Wildman–Crippen LogP) is 1.74. The molecule has 0 spiro atoms. The van der Waals surface area contributed by atoms with Crippen LogP contribution in [-0.2, 0) is 0 Å². The topological polar surface area (TPSA) is 3.01 Å². The number of hydrogen-bond donors (Lipinski definition) is 0. The van der Waals surface area contributed by atoms with Gasteiger partial charge in [-0.25, -0.2) is 0 Å². The minimum absolute atomic E-state index is 0.871. The van der Waals surface area contributed by atoms with Gasteiger partial charge in [0.25, 0.3) is 0 Å². The van der Waals surface area contributed by atoms with E-state index in [1.807, 2.05) is 0 Å². The summed E-state index contributed by atoms with van der Waals surface area (Å²) in [6.07, 6.45) is 3.00. The predicted molar refractivity (Wildman–Crippen MR) is 42.9 cm³/mol. The molecule has 0 N–H and O–H groups in total. The molecule has 0 radical (unpaired) electrons. The Morgan fingerprint density at radius 2 is 1.90 bits per heavy atom. The van der Waals surface area contributed by atoms with Crippen molar-refractivity contribution in [2.24, 2.45) is 11.8 Å². The first kappa shape index (κ1) is 6.66. The fraction of sp³-hybridized carbons (Fsp3) is 1.00. The molecule has 1 unspecified atom stereocenters. The highest BCUT2D eigenvalue weighted by Gasteiger charge is 2.53. The van der Waals surface area contributed by atoms with Gasteiger partial charge in [0.2, 0.25) is 0 Å². The lowest BCUT2D eigenvalue weighted by Gasteiger charge is -1.98. The van der Waals surface area contributed by atoms with E-state index in [1.54, 1.807) is 0 Å². The lowest BCUT2D eigenvalue weighted by Crippen LogP contribution is -2.03. The smallest absolute Gasteiger partial charge is 0.0282 e. The zero-order valence-electron chi connectivity index (χ0n) is 7.17. The lowest BCUT2D eigenvalue weighted by molar-refractivity contribution is 0.501. The van der Waals surface area contributed by atoms with Gasteiger partial charge in [-0.1, -0.05) is 13.8 Å². The van der Waals surface area contributed by atoms with Crippen LogP contribution in [0, 0.1) is 11.8 Å². The van der Waals surface area contributed by atoms with Crippen molar-refractivity contribution in [1.82, 2.24) is 4.90 Å². The Labute approximate surface area is 63.4 Å². The summed E-state index contributed by atoms with van der Waals surface area (Å²) in [6.45, 7) is 4.67. The van der Waals surface area contributed by atoms with Crippen molar-refractivity contribution < 1.29 is 0 Å². The van der Waals surface area contributed by atoms with Gasteiger partial charge in [-0.05, 0) is 31.7 Å². The molecule has 0 bridgehead atoms. The average Bonchev–Trinajstić information content (AvgIpc) is 2.57. The van der Waals surface area contributed by atoms with Crippen LogP contribution in [0.25, 0.3) is 0 Å². The second-order valence-corrected chi connectivity index (χ2v) is 4.23. The van der Waals surface area contributed by atoms with E-state index in [4.69, 9.17) is 0 Å². The third-order valence-electron chi connectivity index (χ3n) is 2.99. The standard InChI is InChI=1S/C9H17N/c1-6(2)8-9(10(8)3)7-4-5-7/h6-9H,4-5H2,1-3H3/t8-,9-,10?/m1/s1.